The molecule has 0 aromatic carbocycles. The fraction of sp³-hybridized carbons (Fsp3) is 0.929. The first-order chi connectivity index (χ1) is 8.01. The van der Waals surface area contributed by atoms with E-state index in [1.807, 2.05) is 13.8 Å². The van der Waals surface area contributed by atoms with Crippen molar-refractivity contribution < 1.29 is 9.53 Å². The largest absolute Gasteiger partial charge is 0.469 e. The average molecular weight is 241 g/mol. The highest BCUT2D eigenvalue weighted by molar-refractivity contribution is 5.76. The molecule has 1 aliphatic carbocycles. The zero-order valence-electron chi connectivity index (χ0n) is 11.8. The second-order valence-corrected chi connectivity index (χ2v) is 5.73. The topological polar surface area (TPSA) is 29.5 Å². The SMILES string of the molecule is CCN(CC(C)(C)C(=O)OC)C1CCCCC1. The lowest BCUT2D eigenvalue weighted by Crippen LogP contribution is -2.45. The third-order valence-corrected chi connectivity index (χ3v) is 3.83. The highest BCUT2D eigenvalue weighted by atomic mass is 16.5. The van der Waals surface area contributed by atoms with E-state index in [9.17, 15) is 4.79 Å². The molecule has 0 atom stereocenters. The number of esters is 1. The van der Waals surface area contributed by atoms with Crippen LogP contribution < -0.4 is 0 Å². The molecule has 1 rings (SSSR count). The summed E-state index contributed by atoms with van der Waals surface area (Å²) in [6, 6.07) is 0.665. The van der Waals surface area contributed by atoms with Crippen molar-refractivity contribution in [2.75, 3.05) is 20.2 Å². The van der Waals surface area contributed by atoms with Gasteiger partial charge in [0.2, 0.25) is 0 Å². The summed E-state index contributed by atoms with van der Waals surface area (Å²) in [7, 11) is 1.47. The first-order valence-corrected chi connectivity index (χ1v) is 6.83. The molecule has 0 heterocycles. The monoisotopic (exact) mass is 241 g/mol. The summed E-state index contributed by atoms with van der Waals surface area (Å²) in [6.07, 6.45) is 6.60. The van der Waals surface area contributed by atoms with Crippen molar-refractivity contribution in [1.82, 2.24) is 4.90 Å². The minimum atomic E-state index is -0.401. The van der Waals surface area contributed by atoms with Gasteiger partial charge in [-0.25, -0.2) is 0 Å². The summed E-state index contributed by atoms with van der Waals surface area (Å²) in [5.74, 6) is -0.105. The zero-order valence-corrected chi connectivity index (χ0v) is 11.8. The Morgan fingerprint density at radius 1 is 1.29 bits per heavy atom. The molecule has 17 heavy (non-hydrogen) atoms. The zero-order chi connectivity index (χ0) is 12.9. The van der Waals surface area contributed by atoms with Gasteiger partial charge in [-0.2, -0.15) is 0 Å². The van der Waals surface area contributed by atoms with Gasteiger partial charge in [-0.3, -0.25) is 9.69 Å². The number of carbonyl (C=O) groups excluding carboxylic acids is 1. The molecule has 0 N–H and O–H groups in total. The van der Waals surface area contributed by atoms with Gasteiger partial charge in [-0.1, -0.05) is 26.2 Å². The maximum atomic E-state index is 11.7. The number of carbonyl (C=O) groups is 1. The summed E-state index contributed by atoms with van der Waals surface area (Å²) < 4.78 is 4.88. The number of rotatable bonds is 5. The van der Waals surface area contributed by atoms with Crippen LogP contribution in [-0.4, -0.2) is 37.1 Å². The van der Waals surface area contributed by atoms with Crippen molar-refractivity contribution in [2.45, 2.75) is 58.9 Å². The standard InChI is InChI=1S/C14H27NO2/c1-5-15(12-9-7-6-8-10-12)11-14(2,3)13(16)17-4/h12H,5-11H2,1-4H3. The second kappa shape index (κ2) is 6.39. The Kier molecular flexibility index (Phi) is 5.44. The number of nitrogens with zero attached hydrogens (tertiary/aromatic N) is 1. The molecule has 0 aromatic heterocycles. The highest BCUT2D eigenvalue weighted by Gasteiger charge is 2.33. The van der Waals surface area contributed by atoms with E-state index in [0.717, 1.165) is 13.1 Å². The van der Waals surface area contributed by atoms with E-state index in [0.29, 0.717) is 6.04 Å². The van der Waals surface area contributed by atoms with E-state index >= 15 is 0 Å². The molecule has 1 fully saturated rings. The Morgan fingerprint density at radius 3 is 2.35 bits per heavy atom. The summed E-state index contributed by atoms with van der Waals surface area (Å²) >= 11 is 0. The molecule has 1 aliphatic rings. The smallest absolute Gasteiger partial charge is 0.312 e. The maximum absolute atomic E-state index is 11.7. The molecule has 0 spiro atoms. The van der Waals surface area contributed by atoms with Crippen molar-refractivity contribution in [3.8, 4) is 0 Å². The van der Waals surface area contributed by atoms with Gasteiger partial charge in [0, 0.05) is 12.6 Å². The number of hydrogen-bond donors (Lipinski definition) is 0. The van der Waals surface area contributed by atoms with Crippen molar-refractivity contribution in [3.63, 3.8) is 0 Å². The number of hydrogen-bond acceptors (Lipinski definition) is 3. The lowest BCUT2D eigenvalue weighted by Gasteiger charge is -2.37. The van der Waals surface area contributed by atoms with Crippen LogP contribution in [0.4, 0.5) is 0 Å². The lowest BCUT2D eigenvalue weighted by molar-refractivity contribution is -0.152. The Bertz CT molecular complexity index is 245. The van der Waals surface area contributed by atoms with Crippen LogP contribution in [0.15, 0.2) is 0 Å². The van der Waals surface area contributed by atoms with Crippen LogP contribution >= 0.6 is 0 Å². The van der Waals surface area contributed by atoms with E-state index < -0.39 is 5.41 Å². The van der Waals surface area contributed by atoms with Crippen LogP contribution in [-0.2, 0) is 9.53 Å². The molecule has 0 saturated heterocycles. The summed E-state index contributed by atoms with van der Waals surface area (Å²) in [6.45, 7) is 7.96. The normalized spacial score (nSPS) is 18.4. The Hall–Kier alpha value is -0.570. The van der Waals surface area contributed by atoms with Gasteiger partial charge in [-0.05, 0) is 33.2 Å². The maximum Gasteiger partial charge on any atom is 0.312 e. The first kappa shape index (κ1) is 14.5. The van der Waals surface area contributed by atoms with Gasteiger partial charge < -0.3 is 4.74 Å². The van der Waals surface area contributed by atoms with Gasteiger partial charge in [0.15, 0.2) is 0 Å². The molecular formula is C14H27NO2. The lowest BCUT2D eigenvalue weighted by atomic mass is 9.89. The van der Waals surface area contributed by atoms with Crippen molar-refractivity contribution in [3.05, 3.63) is 0 Å². The predicted octanol–water partition coefficient (Wildman–Crippen LogP) is 2.84. The number of ether oxygens (including phenoxy) is 1. The van der Waals surface area contributed by atoms with E-state index in [1.54, 1.807) is 0 Å². The quantitative estimate of drug-likeness (QED) is 0.693. The van der Waals surface area contributed by atoms with Crippen molar-refractivity contribution >= 4 is 5.97 Å². The molecule has 0 bridgehead atoms. The Morgan fingerprint density at radius 2 is 1.88 bits per heavy atom. The van der Waals surface area contributed by atoms with E-state index in [-0.39, 0.29) is 5.97 Å². The van der Waals surface area contributed by atoms with Crippen LogP contribution in [0.1, 0.15) is 52.9 Å². The molecule has 0 amide bonds. The second-order valence-electron chi connectivity index (χ2n) is 5.73. The summed E-state index contributed by atoms with van der Waals surface area (Å²) in [5, 5.41) is 0. The summed E-state index contributed by atoms with van der Waals surface area (Å²) in [5.41, 5.74) is -0.401. The van der Waals surface area contributed by atoms with Crippen LogP contribution in [0.5, 0.6) is 0 Å². The van der Waals surface area contributed by atoms with Gasteiger partial charge in [-0.15, -0.1) is 0 Å². The fourth-order valence-corrected chi connectivity index (χ4v) is 2.79. The molecule has 3 nitrogen and oxygen atoms in total. The van der Waals surface area contributed by atoms with Crippen LogP contribution in [0.2, 0.25) is 0 Å². The van der Waals surface area contributed by atoms with Crippen LogP contribution in [0.25, 0.3) is 0 Å². The molecule has 0 aromatic rings. The van der Waals surface area contributed by atoms with Crippen molar-refractivity contribution in [2.24, 2.45) is 5.41 Å². The molecule has 100 valence electrons. The number of methoxy groups -OCH3 is 1. The third-order valence-electron chi connectivity index (χ3n) is 3.83. The minimum absolute atomic E-state index is 0.105. The minimum Gasteiger partial charge on any atom is -0.469 e. The van der Waals surface area contributed by atoms with Crippen LogP contribution in [0, 0.1) is 5.41 Å². The van der Waals surface area contributed by atoms with Gasteiger partial charge in [0.1, 0.15) is 0 Å². The molecule has 0 radical (unpaired) electrons. The van der Waals surface area contributed by atoms with E-state index in [1.165, 1.54) is 39.2 Å². The third kappa shape index (κ3) is 3.98. The Balaban J connectivity index is 2.58. The molecule has 0 unspecified atom stereocenters. The molecule has 0 aliphatic heterocycles. The predicted molar refractivity (Wildman–Crippen MR) is 69.9 cm³/mol. The average Bonchev–Trinajstić information content (AvgIpc) is 2.36. The Labute approximate surface area is 106 Å². The van der Waals surface area contributed by atoms with Gasteiger partial charge >= 0.3 is 5.97 Å². The van der Waals surface area contributed by atoms with E-state index in [2.05, 4.69) is 11.8 Å². The fourth-order valence-electron chi connectivity index (χ4n) is 2.79. The molecule has 3 heteroatoms. The molecule has 1 saturated carbocycles. The highest BCUT2D eigenvalue weighted by Crippen LogP contribution is 2.26. The first-order valence-electron chi connectivity index (χ1n) is 6.83. The van der Waals surface area contributed by atoms with Crippen molar-refractivity contribution in [1.29, 1.82) is 0 Å². The molecular weight excluding hydrogens is 214 g/mol. The van der Waals surface area contributed by atoms with E-state index in [4.69, 9.17) is 4.74 Å². The summed E-state index contributed by atoms with van der Waals surface area (Å²) in [4.78, 5) is 14.2. The van der Waals surface area contributed by atoms with Gasteiger partial charge in [0.25, 0.3) is 0 Å². The van der Waals surface area contributed by atoms with Gasteiger partial charge in [0.05, 0.1) is 12.5 Å². The van der Waals surface area contributed by atoms with Crippen LogP contribution in [0.3, 0.4) is 0 Å².